The molecule has 10 heavy (non-hydrogen) atoms. The van der Waals surface area contributed by atoms with E-state index in [0.29, 0.717) is 5.89 Å². The van der Waals surface area contributed by atoms with Gasteiger partial charge in [0.1, 0.15) is 0 Å². The Hall–Kier alpha value is -0.900. The molecular formula is C6H10N2O2. The molecule has 0 atom stereocenters. The van der Waals surface area contributed by atoms with Gasteiger partial charge in [0.2, 0.25) is 12.3 Å². The molecule has 1 heterocycles. The quantitative estimate of drug-likeness (QED) is 0.579. The van der Waals surface area contributed by atoms with E-state index >= 15 is 0 Å². The third-order valence-electron chi connectivity index (χ3n) is 1.14. The Balaban J connectivity index is 2.15. The average molecular weight is 142 g/mol. The molecule has 56 valence electrons. The fourth-order valence-corrected chi connectivity index (χ4v) is 0.673. The molecule has 1 aromatic rings. The zero-order valence-corrected chi connectivity index (χ0v) is 5.91. The molecule has 0 aliphatic rings. The second-order valence-corrected chi connectivity index (χ2v) is 1.93. The summed E-state index contributed by atoms with van der Waals surface area (Å²) in [4.78, 5) is 0. The molecule has 0 saturated heterocycles. The number of ether oxygens (including phenoxy) is 1. The highest BCUT2D eigenvalue weighted by Crippen LogP contribution is 1.96. The topological polar surface area (TPSA) is 48.2 Å². The fourth-order valence-electron chi connectivity index (χ4n) is 0.673. The third-order valence-corrected chi connectivity index (χ3v) is 1.14. The maximum atomic E-state index is 4.90. The minimum Gasteiger partial charge on any atom is -0.428 e. The summed E-state index contributed by atoms with van der Waals surface area (Å²) >= 11 is 0. The molecule has 4 heteroatoms. The SMILES string of the molecule is COCCCc1nnco1. The van der Waals surface area contributed by atoms with Crippen LogP contribution in [0.3, 0.4) is 0 Å². The van der Waals surface area contributed by atoms with E-state index in [-0.39, 0.29) is 0 Å². The predicted molar refractivity (Wildman–Crippen MR) is 34.5 cm³/mol. The normalized spacial score (nSPS) is 10.1. The fraction of sp³-hybridized carbons (Fsp3) is 0.667. The lowest BCUT2D eigenvalue weighted by atomic mass is 10.3. The molecule has 1 rings (SSSR count). The summed E-state index contributed by atoms with van der Waals surface area (Å²) in [5.41, 5.74) is 0. The van der Waals surface area contributed by atoms with Crippen molar-refractivity contribution in [1.82, 2.24) is 10.2 Å². The van der Waals surface area contributed by atoms with Crippen molar-refractivity contribution >= 4 is 0 Å². The molecule has 0 radical (unpaired) electrons. The molecular weight excluding hydrogens is 132 g/mol. The molecule has 0 amide bonds. The Bertz CT molecular complexity index is 162. The zero-order chi connectivity index (χ0) is 7.23. The summed E-state index contributed by atoms with van der Waals surface area (Å²) in [5.74, 6) is 0.678. The molecule has 0 N–H and O–H groups in total. The van der Waals surface area contributed by atoms with E-state index in [1.165, 1.54) is 6.39 Å². The standard InChI is InChI=1S/C6H10N2O2/c1-9-4-2-3-6-8-7-5-10-6/h5H,2-4H2,1H3. The maximum Gasteiger partial charge on any atom is 0.216 e. The van der Waals surface area contributed by atoms with Crippen LogP contribution in [0, 0.1) is 0 Å². The number of rotatable bonds is 4. The lowest BCUT2D eigenvalue weighted by Crippen LogP contribution is -1.92. The number of methoxy groups -OCH3 is 1. The smallest absolute Gasteiger partial charge is 0.216 e. The molecule has 0 aliphatic heterocycles. The first-order valence-corrected chi connectivity index (χ1v) is 3.17. The van der Waals surface area contributed by atoms with E-state index in [9.17, 15) is 0 Å². The van der Waals surface area contributed by atoms with Crippen LogP contribution < -0.4 is 0 Å². The van der Waals surface area contributed by atoms with Gasteiger partial charge in [-0.3, -0.25) is 0 Å². The van der Waals surface area contributed by atoms with Gasteiger partial charge >= 0.3 is 0 Å². The van der Waals surface area contributed by atoms with Gasteiger partial charge in [-0.15, -0.1) is 10.2 Å². The van der Waals surface area contributed by atoms with Gasteiger partial charge in [-0.25, -0.2) is 0 Å². The number of aryl methyl sites for hydroxylation is 1. The molecule has 0 aromatic carbocycles. The highest BCUT2D eigenvalue weighted by atomic mass is 16.5. The van der Waals surface area contributed by atoms with Crippen LogP contribution in [-0.4, -0.2) is 23.9 Å². The van der Waals surface area contributed by atoms with Crippen LogP contribution >= 0.6 is 0 Å². The summed E-state index contributed by atoms with van der Waals surface area (Å²) in [7, 11) is 1.67. The number of aromatic nitrogens is 2. The average Bonchev–Trinajstić information content (AvgIpc) is 2.41. The third kappa shape index (κ3) is 2.14. The minimum absolute atomic E-state index is 0.678. The second-order valence-electron chi connectivity index (χ2n) is 1.93. The minimum atomic E-state index is 0.678. The largest absolute Gasteiger partial charge is 0.428 e. The van der Waals surface area contributed by atoms with Crippen molar-refractivity contribution < 1.29 is 9.15 Å². The Morgan fingerprint density at radius 2 is 2.60 bits per heavy atom. The van der Waals surface area contributed by atoms with E-state index in [2.05, 4.69) is 10.2 Å². The highest BCUT2D eigenvalue weighted by Gasteiger charge is 1.96. The number of hydrogen-bond acceptors (Lipinski definition) is 4. The van der Waals surface area contributed by atoms with Gasteiger partial charge in [-0.2, -0.15) is 0 Å². The van der Waals surface area contributed by atoms with Crippen molar-refractivity contribution in [2.45, 2.75) is 12.8 Å². The predicted octanol–water partition coefficient (Wildman–Crippen LogP) is 0.649. The van der Waals surface area contributed by atoms with Gasteiger partial charge in [0.05, 0.1) is 0 Å². The first-order chi connectivity index (χ1) is 4.93. The van der Waals surface area contributed by atoms with Gasteiger partial charge in [0.25, 0.3) is 0 Å². The summed E-state index contributed by atoms with van der Waals surface area (Å²) in [6.07, 6.45) is 3.06. The van der Waals surface area contributed by atoms with Gasteiger partial charge < -0.3 is 9.15 Å². The van der Waals surface area contributed by atoms with Crippen LogP contribution in [0.5, 0.6) is 0 Å². The van der Waals surface area contributed by atoms with Crippen LogP contribution in [0.15, 0.2) is 10.8 Å². The van der Waals surface area contributed by atoms with Gasteiger partial charge in [0.15, 0.2) is 0 Å². The highest BCUT2D eigenvalue weighted by molar-refractivity contribution is 4.71. The summed E-state index contributed by atoms with van der Waals surface area (Å²) in [6.45, 7) is 0.738. The lowest BCUT2D eigenvalue weighted by Gasteiger charge is -1.92. The Morgan fingerprint density at radius 3 is 3.20 bits per heavy atom. The molecule has 1 aromatic heterocycles. The summed E-state index contributed by atoms with van der Waals surface area (Å²) in [5, 5.41) is 7.26. The molecule has 4 nitrogen and oxygen atoms in total. The first kappa shape index (κ1) is 7.21. The van der Waals surface area contributed by atoms with E-state index in [1.54, 1.807) is 7.11 Å². The monoisotopic (exact) mass is 142 g/mol. The van der Waals surface area contributed by atoms with Crippen LogP contribution in [0.25, 0.3) is 0 Å². The van der Waals surface area contributed by atoms with E-state index in [0.717, 1.165) is 19.4 Å². The Morgan fingerprint density at radius 1 is 1.70 bits per heavy atom. The summed E-state index contributed by atoms with van der Waals surface area (Å²) < 4.78 is 9.75. The van der Waals surface area contributed by atoms with Crippen molar-refractivity contribution in [1.29, 1.82) is 0 Å². The second kappa shape index (κ2) is 4.00. The van der Waals surface area contributed by atoms with E-state index in [1.807, 2.05) is 0 Å². The van der Waals surface area contributed by atoms with Gasteiger partial charge in [0, 0.05) is 20.1 Å². The summed E-state index contributed by atoms with van der Waals surface area (Å²) in [6, 6.07) is 0. The van der Waals surface area contributed by atoms with Crippen LogP contribution in [0.4, 0.5) is 0 Å². The van der Waals surface area contributed by atoms with E-state index < -0.39 is 0 Å². The van der Waals surface area contributed by atoms with Crippen molar-refractivity contribution in [3.05, 3.63) is 12.3 Å². The van der Waals surface area contributed by atoms with Gasteiger partial charge in [-0.05, 0) is 6.42 Å². The van der Waals surface area contributed by atoms with Gasteiger partial charge in [-0.1, -0.05) is 0 Å². The van der Waals surface area contributed by atoms with Crippen molar-refractivity contribution in [3.8, 4) is 0 Å². The first-order valence-electron chi connectivity index (χ1n) is 3.17. The van der Waals surface area contributed by atoms with E-state index in [4.69, 9.17) is 9.15 Å². The lowest BCUT2D eigenvalue weighted by molar-refractivity contribution is 0.193. The van der Waals surface area contributed by atoms with Crippen LogP contribution in [0.1, 0.15) is 12.3 Å². The Kier molecular flexibility index (Phi) is 2.89. The molecule has 0 spiro atoms. The van der Waals surface area contributed by atoms with Crippen LogP contribution in [0.2, 0.25) is 0 Å². The number of hydrogen-bond donors (Lipinski definition) is 0. The van der Waals surface area contributed by atoms with Crippen molar-refractivity contribution in [3.63, 3.8) is 0 Å². The number of nitrogens with zero attached hydrogens (tertiary/aromatic N) is 2. The van der Waals surface area contributed by atoms with Crippen molar-refractivity contribution in [2.75, 3.05) is 13.7 Å². The van der Waals surface area contributed by atoms with Crippen molar-refractivity contribution in [2.24, 2.45) is 0 Å². The molecule has 0 saturated carbocycles. The maximum absolute atomic E-state index is 4.90. The molecule has 0 aliphatic carbocycles. The van der Waals surface area contributed by atoms with Crippen LogP contribution in [-0.2, 0) is 11.2 Å². The zero-order valence-electron chi connectivity index (χ0n) is 5.91. The Labute approximate surface area is 59.2 Å². The molecule has 0 bridgehead atoms. The molecule has 0 unspecified atom stereocenters. The molecule has 0 fully saturated rings.